The summed E-state index contributed by atoms with van der Waals surface area (Å²) < 4.78 is 5.17. The molecule has 1 aromatic carbocycles. The number of esters is 1. The average Bonchev–Trinajstić information content (AvgIpc) is 2.41. The molecule has 6 heteroatoms. The van der Waals surface area contributed by atoms with Crippen LogP contribution in [-0.4, -0.2) is 29.2 Å². The van der Waals surface area contributed by atoms with E-state index in [1.54, 1.807) is 45.0 Å². The highest BCUT2D eigenvalue weighted by Gasteiger charge is 2.20. The number of nitriles is 1. The first-order chi connectivity index (χ1) is 10.2. The first kappa shape index (κ1) is 17.7. The van der Waals surface area contributed by atoms with Crippen molar-refractivity contribution in [3.8, 4) is 6.07 Å². The van der Waals surface area contributed by atoms with Gasteiger partial charge in [-0.1, -0.05) is 12.1 Å². The van der Waals surface area contributed by atoms with E-state index in [1.165, 1.54) is 0 Å². The Bertz CT molecular complexity index is 567. The lowest BCUT2D eigenvalue weighted by Crippen LogP contribution is -2.34. The highest BCUT2D eigenvalue weighted by molar-refractivity contribution is 5.72. The monoisotopic (exact) mass is 304 g/mol. The lowest BCUT2D eigenvalue weighted by molar-refractivity contribution is -0.154. The van der Waals surface area contributed by atoms with Gasteiger partial charge >= 0.3 is 11.9 Å². The van der Waals surface area contributed by atoms with Gasteiger partial charge in [-0.05, 0) is 38.5 Å². The zero-order valence-electron chi connectivity index (χ0n) is 12.9. The van der Waals surface area contributed by atoms with Crippen LogP contribution in [0.25, 0.3) is 0 Å². The minimum atomic E-state index is -0.981. The van der Waals surface area contributed by atoms with E-state index in [2.05, 4.69) is 5.32 Å². The van der Waals surface area contributed by atoms with Gasteiger partial charge < -0.3 is 9.84 Å². The second-order valence-electron chi connectivity index (χ2n) is 5.85. The summed E-state index contributed by atoms with van der Waals surface area (Å²) in [5, 5.41) is 20.7. The van der Waals surface area contributed by atoms with Crippen LogP contribution in [0.5, 0.6) is 0 Å². The molecule has 0 aliphatic carbocycles. The van der Waals surface area contributed by atoms with Crippen LogP contribution in [0.15, 0.2) is 24.3 Å². The molecule has 0 saturated heterocycles. The van der Waals surface area contributed by atoms with Gasteiger partial charge in [0.2, 0.25) is 0 Å². The Balaban J connectivity index is 2.74. The molecular formula is C16H20N2O4. The SMILES string of the molecule is CC(C)(C)OC(=O)CN[C@H](CC(=O)O)c1ccc(C#N)cc1. The lowest BCUT2D eigenvalue weighted by Gasteiger charge is -2.21. The smallest absolute Gasteiger partial charge is 0.320 e. The Morgan fingerprint density at radius 1 is 1.32 bits per heavy atom. The maximum atomic E-state index is 11.7. The van der Waals surface area contributed by atoms with Gasteiger partial charge in [-0.25, -0.2) is 0 Å². The molecule has 22 heavy (non-hydrogen) atoms. The number of carbonyl (C=O) groups excluding carboxylic acids is 1. The summed E-state index contributed by atoms with van der Waals surface area (Å²) in [5.41, 5.74) is 0.602. The van der Waals surface area contributed by atoms with E-state index in [1.807, 2.05) is 6.07 Å². The highest BCUT2D eigenvalue weighted by Crippen LogP contribution is 2.17. The molecule has 1 aromatic rings. The van der Waals surface area contributed by atoms with Crippen LogP contribution in [-0.2, 0) is 14.3 Å². The molecule has 0 aromatic heterocycles. The molecule has 0 bridgehead atoms. The van der Waals surface area contributed by atoms with Crippen molar-refractivity contribution in [1.29, 1.82) is 5.26 Å². The van der Waals surface area contributed by atoms with Crippen molar-refractivity contribution in [3.63, 3.8) is 0 Å². The third-order valence-corrected chi connectivity index (χ3v) is 2.73. The third-order valence-electron chi connectivity index (χ3n) is 2.73. The second kappa shape index (κ2) is 7.57. The van der Waals surface area contributed by atoms with E-state index < -0.39 is 23.6 Å². The normalized spacial score (nSPS) is 12.3. The van der Waals surface area contributed by atoms with Gasteiger partial charge in [-0.3, -0.25) is 14.9 Å². The van der Waals surface area contributed by atoms with Gasteiger partial charge in [0.1, 0.15) is 5.60 Å². The summed E-state index contributed by atoms with van der Waals surface area (Å²) in [7, 11) is 0. The number of rotatable bonds is 6. The highest BCUT2D eigenvalue weighted by atomic mass is 16.6. The Labute approximate surface area is 129 Å². The zero-order valence-corrected chi connectivity index (χ0v) is 12.9. The van der Waals surface area contributed by atoms with Crippen molar-refractivity contribution in [2.75, 3.05) is 6.54 Å². The molecule has 118 valence electrons. The minimum absolute atomic E-state index is 0.0881. The topological polar surface area (TPSA) is 99.4 Å². The quantitative estimate of drug-likeness (QED) is 0.780. The zero-order chi connectivity index (χ0) is 16.8. The molecular weight excluding hydrogens is 284 g/mol. The summed E-state index contributed by atoms with van der Waals surface area (Å²) in [5.74, 6) is -1.43. The molecule has 6 nitrogen and oxygen atoms in total. The fourth-order valence-corrected chi connectivity index (χ4v) is 1.86. The fourth-order valence-electron chi connectivity index (χ4n) is 1.86. The van der Waals surface area contributed by atoms with E-state index in [0.29, 0.717) is 11.1 Å². The van der Waals surface area contributed by atoms with Crippen molar-refractivity contribution in [3.05, 3.63) is 35.4 Å². The number of nitrogens with one attached hydrogen (secondary N) is 1. The van der Waals surface area contributed by atoms with E-state index in [9.17, 15) is 9.59 Å². The maximum absolute atomic E-state index is 11.7. The molecule has 2 N–H and O–H groups in total. The van der Waals surface area contributed by atoms with Crippen LogP contribution in [0.1, 0.15) is 44.4 Å². The third kappa shape index (κ3) is 6.37. The van der Waals surface area contributed by atoms with Gasteiger partial charge in [0.15, 0.2) is 0 Å². The minimum Gasteiger partial charge on any atom is -0.481 e. The fraction of sp³-hybridized carbons (Fsp3) is 0.438. The van der Waals surface area contributed by atoms with Crippen LogP contribution < -0.4 is 5.32 Å². The molecule has 1 rings (SSSR count). The van der Waals surface area contributed by atoms with E-state index in [0.717, 1.165) is 0 Å². The van der Waals surface area contributed by atoms with Crippen LogP contribution >= 0.6 is 0 Å². The van der Waals surface area contributed by atoms with E-state index >= 15 is 0 Å². The number of aliphatic carboxylic acids is 1. The van der Waals surface area contributed by atoms with Gasteiger partial charge in [0, 0.05) is 6.04 Å². The molecule has 0 saturated carbocycles. The summed E-state index contributed by atoms with van der Waals surface area (Å²) in [6.45, 7) is 5.20. The van der Waals surface area contributed by atoms with E-state index in [-0.39, 0.29) is 13.0 Å². The Morgan fingerprint density at radius 2 is 1.91 bits per heavy atom. The number of hydrogen-bond donors (Lipinski definition) is 2. The lowest BCUT2D eigenvalue weighted by atomic mass is 10.0. The summed E-state index contributed by atoms with van der Waals surface area (Å²) >= 11 is 0. The predicted octanol–water partition coefficient (Wildman–Crippen LogP) is 2.01. The predicted molar refractivity (Wildman–Crippen MR) is 80.0 cm³/mol. The average molecular weight is 304 g/mol. The van der Waals surface area contributed by atoms with Crippen LogP contribution in [0.4, 0.5) is 0 Å². The van der Waals surface area contributed by atoms with Crippen molar-refractivity contribution in [2.24, 2.45) is 0 Å². The maximum Gasteiger partial charge on any atom is 0.320 e. The van der Waals surface area contributed by atoms with Crippen LogP contribution in [0.2, 0.25) is 0 Å². The van der Waals surface area contributed by atoms with Gasteiger partial charge in [0.05, 0.1) is 24.6 Å². The molecule has 0 amide bonds. The standard InChI is InChI=1S/C16H20N2O4/c1-16(2,3)22-15(21)10-18-13(8-14(19)20)12-6-4-11(9-17)5-7-12/h4-7,13,18H,8,10H2,1-3H3,(H,19,20)/t13-/m1/s1. The number of carbonyl (C=O) groups is 2. The Morgan fingerprint density at radius 3 is 2.36 bits per heavy atom. The van der Waals surface area contributed by atoms with Crippen molar-refractivity contribution in [2.45, 2.75) is 38.8 Å². The molecule has 0 spiro atoms. The van der Waals surface area contributed by atoms with Crippen molar-refractivity contribution in [1.82, 2.24) is 5.32 Å². The van der Waals surface area contributed by atoms with Crippen LogP contribution in [0, 0.1) is 11.3 Å². The largest absolute Gasteiger partial charge is 0.481 e. The van der Waals surface area contributed by atoms with Crippen molar-refractivity contribution >= 4 is 11.9 Å². The molecule has 0 aliphatic rings. The molecule has 1 atom stereocenters. The van der Waals surface area contributed by atoms with Gasteiger partial charge in [-0.2, -0.15) is 5.26 Å². The summed E-state index contributed by atoms with van der Waals surface area (Å²) in [6, 6.07) is 8.04. The number of nitrogens with zero attached hydrogens (tertiary/aromatic N) is 1. The first-order valence-corrected chi connectivity index (χ1v) is 6.88. The molecule has 0 fully saturated rings. The number of benzene rings is 1. The number of carboxylic acids is 1. The summed E-state index contributed by atoms with van der Waals surface area (Å²) in [6.07, 6.45) is -0.172. The summed E-state index contributed by atoms with van der Waals surface area (Å²) in [4.78, 5) is 22.7. The molecule has 0 aliphatic heterocycles. The van der Waals surface area contributed by atoms with Gasteiger partial charge in [-0.15, -0.1) is 0 Å². The number of carboxylic acid groups (broad SMARTS) is 1. The van der Waals surface area contributed by atoms with Crippen molar-refractivity contribution < 1.29 is 19.4 Å². The second-order valence-corrected chi connectivity index (χ2v) is 5.85. The number of ether oxygens (including phenoxy) is 1. The first-order valence-electron chi connectivity index (χ1n) is 6.88. The van der Waals surface area contributed by atoms with Gasteiger partial charge in [0.25, 0.3) is 0 Å². The molecule has 0 radical (unpaired) electrons. The Hall–Kier alpha value is -2.39. The molecule has 0 heterocycles. The van der Waals surface area contributed by atoms with E-state index in [4.69, 9.17) is 15.1 Å². The molecule has 0 unspecified atom stereocenters. The number of hydrogen-bond acceptors (Lipinski definition) is 5. The van der Waals surface area contributed by atoms with Crippen LogP contribution in [0.3, 0.4) is 0 Å². The Kier molecular flexibility index (Phi) is 6.08.